The number of hydrogen-bond acceptors (Lipinski definition) is 4. The average molecular weight is 323 g/mol. The van der Waals surface area contributed by atoms with Crippen LogP contribution >= 0.6 is 0 Å². The molecule has 0 unspecified atom stereocenters. The monoisotopic (exact) mass is 323 g/mol. The molecule has 2 aliphatic rings. The van der Waals surface area contributed by atoms with Crippen molar-refractivity contribution in [2.24, 2.45) is 0 Å². The van der Waals surface area contributed by atoms with Gasteiger partial charge in [0.25, 0.3) is 5.91 Å². The van der Waals surface area contributed by atoms with Crippen LogP contribution in [-0.4, -0.2) is 81.5 Å². The zero-order chi connectivity index (χ0) is 17.4. The van der Waals surface area contributed by atoms with Gasteiger partial charge in [0.2, 0.25) is 5.91 Å². The van der Waals surface area contributed by atoms with Crippen molar-refractivity contribution in [3.8, 4) is 0 Å². The fraction of sp³-hybridized carbons (Fsp3) is 0.765. The third-order valence-corrected chi connectivity index (χ3v) is 4.91. The SMILES string of the molecule is C=CCN1CCN(C(C)C)C(=O)[C@]12CCN(C(=O)C(C)(C)O)C2. The number of amides is 2. The molecule has 6 heteroatoms. The highest BCUT2D eigenvalue weighted by Gasteiger charge is 2.54. The van der Waals surface area contributed by atoms with Crippen molar-refractivity contribution in [2.75, 3.05) is 32.7 Å². The van der Waals surface area contributed by atoms with Crippen LogP contribution in [-0.2, 0) is 9.59 Å². The molecule has 0 aromatic rings. The van der Waals surface area contributed by atoms with Crippen LogP contribution in [0.4, 0.5) is 0 Å². The molecule has 0 aromatic heterocycles. The summed E-state index contributed by atoms with van der Waals surface area (Å²) in [5.74, 6) is -0.228. The van der Waals surface area contributed by atoms with Gasteiger partial charge in [0.05, 0.1) is 0 Å². The first-order valence-corrected chi connectivity index (χ1v) is 8.32. The molecule has 0 radical (unpaired) electrons. The highest BCUT2D eigenvalue weighted by atomic mass is 16.3. The number of nitrogens with zero attached hydrogens (tertiary/aromatic N) is 3. The van der Waals surface area contributed by atoms with Crippen LogP contribution in [0.2, 0.25) is 0 Å². The highest BCUT2D eigenvalue weighted by molar-refractivity contribution is 5.91. The Kier molecular flexibility index (Phi) is 4.87. The molecule has 2 saturated heterocycles. The maximum absolute atomic E-state index is 13.1. The van der Waals surface area contributed by atoms with Crippen molar-refractivity contribution < 1.29 is 14.7 Å². The molecule has 6 nitrogen and oxygen atoms in total. The first-order valence-electron chi connectivity index (χ1n) is 8.32. The zero-order valence-corrected chi connectivity index (χ0v) is 14.7. The minimum absolute atomic E-state index is 0.0895. The van der Waals surface area contributed by atoms with Crippen LogP contribution in [0.5, 0.6) is 0 Å². The molecule has 1 spiro atoms. The minimum Gasteiger partial charge on any atom is -0.381 e. The van der Waals surface area contributed by atoms with E-state index >= 15 is 0 Å². The summed E-state index contributed by atoms with van der Waals surface area (Å²) in [4.78, 5) is 31.2. The summed E-state index contributed by atoms with van der Waals surface area (Å²) in [6.45, 7) is 13.8. The van der Waals surface area contributed by atoms with E-state index in [0.717, 1.165) is 6.54 Å². The number of carbonyl (C=O) groups is 2. The van der Waals surface area contributed by atoms with E-state index in [9.17, 15) is 14.7 Å². The van der Waals surface area contributed by atoms with E-state index in [1.165, 1.54) is 13.8 Å². The molecule has 2 amide bonds. The topological polar surface area (TPSA) is 64.1 Å². The third-order valence-electron chi connectivity index (χ3n) is 4.91. The lowest BCUT2D eigenvalue weighted by Crippen LogP contribution is -2.68. The van der Waals surface area contributed by atoms with E-state index in [1.54, 1.807) is 11.0 Å². The summed E-state index contributed by atoms with van der Waals surface area (Å²) < 4.78 is 0. The third kappa shape index (κ3) is 3.15. The fourth-order valence-electron chi connectivity index (χ4n) is 3.65. The first kappa shape index (κ1) is 17.9. The van der Waals surface area contributed by atoms with Crippen molar-refractivity contribution >= 4 is 11.8 Å². The van der Waals surface area contributed by atoms with Gasteiger partial charge in [-0.05, 0) is 34.1 Å². The van der Waals surface area contributed by atoms with Gasteiger partial charge in [0.15, 0.2) is 0 Å². The lowest BCUT2D eigenvalue weighted by atomic mass is 9.90. The second-order valence-electron chi connectivity index (χ2n) is 7.39. The van der Waals surface area contributed by atoms with Crippen molar-refractivity contribution in [1.29, 1.82) is 0 Å². The molecule has 0 bridgehead atoms. The van der Waals surface area contributed by atoms with Crippen molar-refractivity contribution in [1.82, 2.24) is 14.7 Å². The largest absolute Gasteiger partial charge is 0.381 e. The predicted molar refractivity (Wildman–Crippen MR) is 88.8 cm³/mol. The Hall–Kier alpha value is -1.40. The van der Waals surface area contributed by atoms with Gasteiger partial charge >= 0.3 is 0 Å². The predicted octanol–water partition coefficient (Wildman–Crippen LogP) is 0.467. The summed E-state index contributed by atoms with van der Waals surface area (Å²) in [5, 5.41) is 9.99. The molecular weight excluding hydrogens is 294 g/mol. The first-order chi connectivity index (χ1) is 10.6. The molecule has 0 aliphatic carbocycles. The van der Waals surface area contributed by atoms with Crippen LogP contribution in [0, 0.1) is 0 Å². The fourth-order valence-corrected chi connectivity index (χ4v) is 3.65. The summed E-state index contributed by atoms with van der Waals surface area (Å²) in [6.07, 6.45) is 2.41. The number of carbonyl (C=O) groups excluding carboxylic acids is 2. The Labute approximate surface area is 138 Å². The van der Waals surface area contributed by atoms with Gasteiger partial charge in [0.1, 0.15) is 11.1 Å². The van der Waals surface area contributed by atoms with E-state index in [-0.39, 0.29) is 17.9 Å². The molecule has 1 atom stereocenters. The maximum atomic E-state index is 13.1. The van der Waals surface area contributed by atoms with Crippen LogP contribution in [0.3, 0.4) is 0 Å². The molecule has 2 heterocycles. The van der Waals surface area contributed by atoms with Gasteiger partial charge in [0, 0.05) is 38.8 Å². The van der Waals surface area contributed by atoms with Crippen molar-refractivity contribution in [3.63, 3.8) is 0 Å². The second-order valence-corrected chi connectivity index (χ2v) is 7.39. The van der Waals surface area contributed by atoms with Crippen LogP contribution in [0.1, 0.15) is 34.1 Å². The Balaban J connectivity index is 2.29. The zero-order valence-electron chi connectivity index (χ0n) is 14.7. The standard InChI is InChI=1S/C17H29N3O3/c1-6-8-19-10-11-20(13(2)3)15(22)17(19)7-9-18(12-17)14(21)16(4,5)23/h6,13,23H,1,7-12H2,2-5H3/t17-/m1/s1. The van der Waals surface area contributed by atoms with Crippen molar-refractivity contribution in [3.05, 3.63) is 12.7 Å². The van der Waals surface area contributed by atoms with Gasteiger partial charge in [-0.15, -0.1) is 6.58 Å². The molecule has 1 N–H and O–H groups in total. The van der Waals surface area contributed by atoms with Gasteiger partial charge in [-0.2, -0.15) is 0 Å². The molecule has 2 fully saturated rings. The molecule has 0 aromatic carbocycles. The van der Waals surface area contributed by atoms with Crippen LogP contribution < -0.4 is 0 Å². The number of likely N-dealkylation sites (tertiary alicyclic amines) is 1. The van der Waals surface area contributed by atoms with Gasteiger partial charge < -0.3 is 14.9 Å². The Morgan fingerprint density at radius 3 is 2.57 bits per heavy atom. The lowest BCUT2D eigenvalue weighted by Gasteiger charge is -2.48. The highest BCUT2D eigenvalue weighted by Crippen LogP contribution is 2.34. The minimum atomic E-state index is -1.41. The van der Waals surface area contributed by atoms with Crippen molar-refractivity contribution in [2.45, 2.75) is 51.3 Å². The van der Waals surface area contributed by atoms with Gasteiger partial charge in [-0.3, -0.25) is 14.5 Å². The summed E-state index contributed by atoms with van der Waals surface area (Å²) in [5.41, 5.74) is -2.10. The molecular formula is C17H29N3O3. The summed E-state index contributed by atoms with van der Waals surface area (Å²) in [6, 6.07) is 0.143. The van der Waals surface area contributed by atoms with Gasteiger partial charge in [-0.25, -0.2) is 0 Å². The van der Waals surface area contributed by atoms with E-state index < -0.39 is 11.1 Å². The maximum Gasteiger partial charge on any atom is 0.254 e. The molecule has 2 aliphatic heterocycles. The van der Waals surface area contributed by atoms with E-state index in [1.807, 2.05) is 18.7 Å². The Morgan fingerprint density at radius 2 is 2.04 bits per heavy atom. The lowest BCUT2D eigenvalue weighted by molar-refractivity contribution is -0.154. The second kappa shape index (κ2) is 6.24. The quantitative estimate of drug-likeness (QED) is 0.764. The number of aliphatic hydroxyl groups is 1. The summed E-state index contributed by atoms with van der Waals surface area (Å²) >= 11 is 0. The molecule has 130 valence electrons. The Morgan fingerprint density at radius 1 is 1.39 bits per heavy atom. The summed E-state index contributed by atoms with van der Waals surface area (Å²) in [7, 11) is 0. The normalized spacial score (nSPS) is 26.4. The average Bonchev–Trinajstić information content (AvgIpc) is 2.88. The van der Waals surface area contributed by atoms with Crippen LogP contribution in [0.25, 0.3) is 0 Å². The Bertz CT molecular complexity index is 498. The smallest absolute Gasteiger partial charge is 0.254 e. The van der Waals surface area contributed by atoms with Crippen LogP contribution in [0.15, 0.2) is 12.7 Å². The van der Waals surface area contributed by atoms with Gasteiger partial charge in [-0.1, -0.05) is 6.08 Å². The molecule has 23 heavy (non-hydrogen) atoms. The molecule has 0 saturated carbocycles. The van der Waals surface area contributed by atoms with E-state index in [0.29, 0.717) is 32.6 Å². The molecule has 2 rings (SSSR count). The number of piperazine rings is 1. The number of rotatable bonds is 4. The van der Waals surface area contributed by atoms with E-state index in [4.69, 9.17) is 0 Å². The number of hydrogen-bond donors (Lipinski definition) is 1. The van der Waals surface area contributed by atoms with E-state index in [2.05, 4.69) is 11.5 Å².